The van der Waals surface area contributed by atoms with Crippen molar-refractivity contribution in [2.45, 2.75) is 0 Å². The van der Waals surface area contributed by atoms with E-state index < -0.39 is 11.9 Å². The number of ether oxygens (including phenoxy) is 3. The molecule has 3 N–H and O–H groups in total. The Labute approximate surface area is 134 Å². The van der Waals surface area contributed by atoms with Crippen LogP contribution >= 0.6 is 0 Å². The third-order valence-electron chi connectivity index (χ3n) is 2.78. The van der Waals surface area contributed by atoms with Crippen LogP contribution in [0, 0.1) is 0 Å². The first-order valence-corrected chi connectivity index (χ1v) is 6.73. The fourth-order valence-electron chi connectivity index (χ4n) is 1.65. The standard InChI is InChI=1S/C15H20N2O6/c1-21-10-4-5-11(13(8-10)22-2)17-12(9-14(19)23-3)15(20)16-6-7-18/h4-5,8-9,17-18H,6-7H2,1-3H3,(H,16,20)/b12-9+. The molecule has 0 radical (unpaired) electrons. The number of aliphatic hydroxyl groups is 1. The lowest BCUT2D eigenvalue weighted by Gasteiger charge is -2.14. The van der Waals surface area contributed by atoms with Crippen LogP contribution in [-0.4, -0.2) is 51.5 Å². The van der Waals surface area contributed by atoms with E-state index in [4.69, 9.17) is 14.6 Å². The van der Waals surface area contributed by atoms with Gasteiger partial charge in [-0.3, -0.25) is 4.79 Å². The van der Waals surface area contributed by atoms with Crippen molar-refractivity contribution in [1.29, 1.82) is 0 Å². The molecule has 0 bridgehead atoms. The van der Waals surface area contributed by atoms with Crippen molar-refractivity contribution in [3.05, 3.63) is 30.0 Å². The Morgan fingerprint density at radius 3 is 2.52 bits per heavy atom. The lowest BCUT2D eigenvalue weighted by molar-refractivity contribution is -0.135. The van der Waals surface area contributed by atoms with E-state index in [9.17, 15) is 9.59 Å². The molecule has 1 aromatic carbocycles. The van der Waals surface area contributed by atoms with E-state index in [1.165, 1.54) is 21.3 Å². The minimum atomic E-state index is -0.695. The number of anilines is 1. The molecule has 8 nitrogen and oxygen atoms in total. The number of esters is 1. The number of methoxy groups -OCH3 is 3. The molecule has 0 aliphatic rings. The molecule has 0 atom stereocenters. The molecule has 0 spiro atoms. The first-order chi connectivity index (χ1) is 11.0. The van der Waals surface area contributed by atoms with Gasteiger partial charge in [0, 0.05) is 12.6 Å². The number of aliphatic hydroxyl groups excluding tert-OH is 1. The van der Waals surface area contributed by atoms with Crippen molar-refractivity contribution in [2.24, 2.45) is 0 Å². The third-order valence-corrected chi connectivity index (χ3v) is 2.78. The summed E-state index contributed by atoms with van der Waals surface area (Å²) in [4.78, 5) is 23.5. The Balaban J connectivity index is 3.07. The molecule has 0 aliphatic heterocycles. The molecule has 8 heteroatoms. The van der Waals surface area contributed by atoms with Crippen molar-refractivity contribution in [3.8, 4) is 11.5 Å². The minimum absolute atomic E-state index is 0.0474. The molecule has 0 heterocycles. The van der Waals surface area contributed by atoms with Gasteiger partial charge in [0.2, 0.25) is 0 Å². The van der Waals surface area contributed by atoms with Crippen molar-refractivity contribution < 1.29 is 28.9 Å². The van der Waals surface area contributed by atoms with Crippen LogP contribution in [0.25, 0.3) is 0 Å². The number of amides is 1. The molecule has 0 unspecified atom stereocenters. The van der Waals surface area contributed by atoms with Crippen molar-refractivity contribution >= 4 is 17.6 Å². The lowest BCUT2D eigenvalue weighted by atomic mass is 10.2. The monoisotopic (exact) mass is 324 g/mol. The number of hydrogen-bond acceptors (Lipinski definition) is 7. The summed E-state index contributed by atoms with van der Waals surface area (Å²) in [6, 6.07) is 4.94. The van der Waals surface area contributed by atoms with E-state index in [2.05, 4.69) is 15.4 Å². The van der Waals surface area contributed by atoms with Gasteiger partial charge in [0.1, 0.15) is 17.2 Å². The highest BCUT2D eigenvalue weighted by atomic mass is 16.5. The summed E-state index contributed by atoms with van der Waals surface area (Å²) in [7, 11) is 4.19. The second-order valence-electron chi connectivity index (χ2n) is 4.25. The van der Waals surface area contributed by atoms with Crippen LogP contribution in [0.3, 0.4) is 0 Å². The maximum Gasteiger partial charge on any atom is 0.332 e. The van der Waals surface area contributed by atoms with Gasteiger partial charge in [-0.2, -0.15) is 0 Å². The smallest absolute Gasteiger partial charge is 0.332 e. The number of nitrogens with one attached hydrogen (secondary N) is 2. The van der Waals surface area contributed by atoms with E-state index in [1.807, 2.05) is 0 Å². The zero-order chi connectivity index (χ0) is 17.2. The number of carbonyl (C=O) groups excluding carboxylic acids is 2. The van der Waals surface area contributed by atoms with Crippen LogP contribution in [0.15, 0.2) is 30.0 Å². The molecule has 126 valence electrons. The summed E-state index contributed by atoms with van der Waals surface area (Å²) in [5.74, 6) is -0.257. The maximum atomic E-state index is 12.1. The highest BCUT2D eigenvalue weighted by Crippen LogP contribution is 2.30. The van der Waals surface area contributed by atoms with Crippen LogP contribution in [0.2, 0.25) is 0 Å². The number of hydrogen-bond donors (Lipinski definition) is 3. The molecule has 1 aromatic rings. The Morgan fingerprint density at radius 2 is 1.96 bits per heavy atom. The van der Waals surface area contributed by atoms with Gasteiger partial charge in [-0.15, -0.1) is 0 Å². The number of carbonyl (C=O) groups is 2. The van der Waals surface area contributed by atoms with Crippen LogP contribution in [0.1, 0.15) is 0 Å². The Morgan fingerprint density at radius 1 is 1.22 bits per heavy atom. The molecular weight excluding hydrogens is 304 g/mol. The predicted molar refractivity (Wildman–Crippen MR) is 83.4 cm³/mol. The van der Waals surface area contributed by atoms with Gasteiger partial charge in [-0.05, 0) is 12.1 Å². The van der Waals surface area contributed by atoms with Crippen LogP contribution in [-0.2, 0) is 14.3 Å². The number of benzene rings is 1. The van der Waals surface area contributed by atoms with Crippen LogP contribution in [0.4, 0.5) is 5.69 Å². The van der Waals surface area contributed by atoms with Gasteiger partial charge in [0.15, 0.2) is 0 Å². The van der Waals surface area contributed by atoms with Gasteiger partial charge in [-0.25, -0.2) is 4.79 Å². The highest BCUT2D eigenvalue weighted by molar-refractivity contribution is 6.02. The third kappa shape index (κ3) is 5.51. The molecule has 0 saturated heterocycles. The van der Waals surface area contributed by atoms with E-state index in [-0.39, 0.29) is 18.8 Å². The summed E-state index contributed by atoms with van der Waals surface area (Å²) in [5, 5.41) is 14.0. The summed E-state index contributed by atoms with van der Waals surface area (Å²) in [5.41, 5.74) is 0.413. The molecular formula is C15H20N2O6. The Bertz CT molecular complexity index is 585. The van der Waals surface area contributed by atoms with Gasteiger partial charge in [-0.1, -0.05) is 0 Å². The highest BCUT2D eigenvalue weighted by Gasteiger charge is 2.14. The largest absolute Gasteiger partial charge is 0.497 e. The van der Waals surface area contributed by atoms with Crippen molar-refractivity contribution in [3.63, 3.8) is 0 Å². The molecule has 0 aromatic heterocycles. The Hall–Kier alpha value is -2.74. The minimum Gasteiger partial charge on any atom is -0.497 e. The van der Waals surface area contributed by atoms with E-state index in [0.717, 1.165) is 6.08 Å². The SMILES string of the molecule is COC(=O)/C=C(/Nc1ccc(OC)cc1OC)C(=O)NCCO. The zero-order valence-electron chi connectivity index (χ0n) is 13.2. The second kappa shape index (κ2) is 9.31. The topological polar surface area (TPSA) is 106 Å². The average molecular weight is 324 g/mol. The van der Waals surface area contributed by atoms with E-state index >= 15 is 0 Å². The van der Waals surface area contributed by atoms with E-state index in [1.54, 1.807) is 18.2 Å². The summed E-state index contributed by atoms with van der Waals surface area (Å²) < 4.78 is 14.8. The van der Waals surface area contributed by atoms with Crippen molar-refractivity contribution in [1.82, 2.24) is 5.32 Å². The van der Waals surface area contributed by atoms with Gasteiger partial charge in [0.05, 0.1) is 39.7 Å². The lowest BCUT2D eigenvalue weighted by Crippen LogP contribution is -2.31. The normalized spacial score (nSPS) is 10.7. The van der Waals surface area contributed by atoms with Crippen LogP contribution in [0.5, 0.6) is 11.5 Å². The molecule has 23 heavy (non-hydrogen) atoms. The van der Waals surface area contributed by atoms with Gasteiger partial charge < -0.3 is 30.0 Å². The van der Waals surface area contributed by atoms with Crippen molar-refractivity contribution in [2.75, 3.05) is 39.8 Å². The Kier molecular flexibility index (Phi) is 7.41. The molecule has 0 saturated carbocycles. The molecule has 1 amide bonds. The summed E-state index contributed by atoms with van der Waals surface area (Å²) >= 11 is 0. The zero-order valence-corrected chi connectivity index (χ0v) is 13.2. The van der Waals surface area contributed by atoms with E-state index in [0.29, 0.717) is 17.2 Å². The second-order valence-corrected chi connectivity index (χ2v) is 4.25. The van der Waals surface area contributed by atoms with Gasteiger partial charge in [0.25, 0.3) is 5.91 Å². The fraction of sp³-hybridized carbons (Fsp3) is 0.333. The molecule has 1 rings (SSSR count). The van der Waals surface area contributed by atoms with Crippen LogP contribution < -0.4 is 20.1 Å². The average Bonchev–Trinajstić information content (AvgIpc) is 2.58. The number of rotatable bonds is 8. The van der Waals surface area contributed by atoms with Gasteiger partial charge >= 0.3 is 5.97 Å². The molecule has 0 fully saturated rings. The summed E-state index contributed by atoms with van der Waals surface area (Å²) in [6.45, 7) is -0.165. The molecule has 0 aliphatic carbocycles. The fourth-order valence-corrected chi connectivity index (χ4v) is 1.65. The quantitative estimate of drug-likeness (QED) is 0.466. The first-order valence-electron chi connectivity index (χ1n) is 6.73. The first kappa shape index (κ1) is 18.3. The predicted octanol–water partition coefficient (Wildman–Crippen LogP) is 0.281. The maximum absolute atomic E-state index is 12.1. The summed E-state index contributed by atoms with van der Waals surface area (Å²) in [6.07, 6.45) is 1.01.